The Morgan fingerprint density at radius 3 is 2.54 bits per heavy atom. The Bertz CT molecular complexity index is 1040. The molecule has 0 spiro atoms. The number of ether oxygens (including phenoxy) is 1. The maximum atomic E-state index is 12.3. The molecule has 0 aliphatic carbocycles. The van der Waals surface area contributed by atoms with Crippen LogP contribution in [0, 0.1) is 0 Å². The molecule has 0 fully saturated rings. The van der Waals surface area contributed by atoms with Crippen LogP contribution in [0.3, 0.4) is 0 Å². The van der Waals surface area contributed by atoms with Gasteiger partial charge in [0.25, 0.3) is 5.56 Å². The standard InChI is InChI=1S/C21H21N3O4/c1-2-5-15-8-10-16(11-9-15)19(25)12-13-20(26)28-14-24-21(27)17-6-3-4-7-18(17)22-23-24/h3-4,6-11H,2,5,12-14H2,1H3. The van der Waals surface area contributed by atoms with Crippen molar-refractivity contribution in [3.8, 4) is 0 Å². The van der Waals surface area contributed by atoms with E-state index in [1.807, 2.05) is 12.1 Å². The molecule has 28 heavy (non-hydrogen) atoms. The van der Waals surface area contributed by atoms with Gasteiger partial charge < -0.3 is 4.74 Å². The second-order valence-corrected chi connectivity index (χ2v) is 6.43. The van der Waals surface area contributed by atoms with Crippen LogP contribution in [0.4, 0.5) is 0 Å². The summed E-state index contributed by atoms with van der Waals surface area (Å²) in [5.41, 5.74) is 1.84. The zero-order valence-electron chi connectivity index (χ0n) is 15.6. The van der Waals surface area contributed by atoms with Crippen molar-refractivity contribution < 1.29 is 14.3 Å². The lowest BCUT2D eigenvalue weighted by molar-refractivity contribution is -0.148. The molecule has 0 saturated heterocycles. The number of carbonyl (C=O) groups is 2. The highest BCUT2D eigenvalue weighted by Crippen LogP contribution is 2.10. The van der Waals surface area contributed by atoms with Gasteiger partial charge in [-0.2, -0.15) is 4.68 Å². The Kier molecular flexibility index (Phi) is 6.26. The third-order valence-electron chi connectivity index (χ3n) is 4.35. The maximum Gasteiger partial charge on any atom is 0.308 e. The number of esters is 1. The summed E-state index contributed by atoms with van der Waals surface area (Å²) in [6, 6.07) is 14.2. The fraction of sp³-hybridized carbons (Fsp3) is 0.286. The summed E-state index contributed by atoms with van der Waals surface area (Å²) in [4.78, 5) is 36.4. The third-order valence-corrected chi connectivity index (χ3v) is 4.35. The van der Waals surface area contributed by atoms with Crippen molar-refractivity contribution in [2.75, 3.05) is 0 Å². The van der Waals surface area contributed by atoms with E-state index in [1.54, 1.807) is 36.4 Å². The predicted octanol–water partition coefficient (Wildman–Crippen LogP) is 2.91. The average Bonchev–Trinajstić information content (AvgIpc) is 2.72. The molecule has 0 unspecified atom stereocenters. The maximum absolute atomic E-state index is 12.3. The number of carbonyl (C=O) groups excluding carboxylic acids is 2. The highest BCUT2D eigenvalue weighted by molar-refractivity contribution is 5.97. The zero-order chi connectivity index (χ0) is 19.9. The lowest BCUT2D eigenvalue weighted by atomic mass is 10.0. The number of nitrogens with zero attached hydrogens (tertiary/aromatic N) is 3. The van der Waals surface area contributed by atoms with E-state index in [4.69, 9.17) is 4.74 Å². The topological polar surface area (TPSA) is 91.2 Å². The van der Waals surface area contributed by atoms with Gasteiger partial charge in [-0.05, 0) is 24.1 Å². The van der Waals surface area contributed by atoms with Gasteiger partial charge in [-0.15, -0.1) is 5.10 Å². The highest BCUT2D eigenvalue weighted by Gasteiger charge is 2.12. The molecule has 0 saturated carbocycles. The normalized spacial score (nSPS) is 10.8. The molecule has 1 aromatic heterocycles. The van der Waals surface area contributed by atoms with E-state index in [1.165, 1.54) is 5.56 Å². The Balaban J connectivity index is 1.52. The Morgan fingerprint density at radius 2 is 1.79 bits per heavy atom. The summed E-state index contributed by atoms with van der Waals surface area (Å²) in [7, 11) is 0. The molecule has 7 heteroatoms. The van der Waals surface area contributed by atoms with Crippen LogP contribution in [0.5, 0.6) is 0 Å². The molecule has 0 aliphatic heterocycles. The van der Waals surface area contributed by atoms with Gasteiger partial charge in [0, 0.05) is 12.0 Å². The largest absolute Gasteiger partial charge is 0.442 e. The van der Waals surface area contributed by atoms with E-state index in [2.05, 4.69) is 17.2 Å². The molecule has 0 bridgehead atoms. The first kappa shape index (κ1) is 19.4. The van der Waals surface area contributed by atoms with Gasteiger partial charge in [-0.3, -0.25) is 14.4 Å². The summed E-state index contributed by atoms with van der Waals surface area (Å²) < 4.78 is 6.05. The van der Waals surface area contributed by atoms with Gasteiger partial charge in [0.2, 0.25) is 0 Å². The summed E-state index contributed by atoms with van der Waals surface area (Å²) >= 11 is 0. The molecular formula is C21H21N3O4. The second kappa shape index (κ2) is 9.03. The van der Waals surface area contributed by atoms with Crippen LogP contribution in [0.15, 0.2) is 53.3 Å². The molecule has 1 heterocycles. The molecule has 2 aromatic carbocycles. The molecule has 3 rings (SSSR count). The number of aromatic nitrogens is 3. The van der Waals surface area contributed by atoms with E-state index < -0.39 is 5.97 Å². The summed E-state index contributed by atoms with van der Waals surface area (Å²) in [5.74, 6) is -0.694. The number of rotatable bonds is 8. The van der Waals surface area contributed by atoms with Crippen LogP contribution in [-0.2, 0) is 22.7 Å². The molecule has 0 N–H and O–H groups in total. The van der Waals surface area contributed by atoms with Crippen LogP contribution >= 0.6 is 0 Å². The molecule has 0 aliphatic rings. The number of aryl methyl sites for hydroxylation is 1. The average molecular weight is 379 g/mol. The minimum absolute atomic E-state index is 0.0459. The van der Waals surface area contributed by atoms with E-state index in [9.17, 15) is 14.4 Å². The number of Topliss-reactive ketones (excluding diaryl/α,β-unsaturated/α-hetero) is 1. The minimum atomic E-state index is -0.571. The van der Waals surface area contributed by atoms with Gasteiger partial charge in [0.05, 0.1) is 11.8 Å². The molecule has 3 aromatic rings. The Hall–Kier alpha value is -3.35. The second-order valence-electron chi connectivity index (χ2n) is 6.43. The van der Waals surface area contributed by atoms with Crippen LogP contribution in [0.1, 0.15) is 42.1 Å². The molecule has 0 atom stereocenters. The summed E-state index contributed by atoms with van der Waals surface area (Å²) in [5, 5.41) is 8.07. The quantitative estimate of drug-likeness (QED) is 0.441. The third kappa shape index (κ3) is 4.68. The van der Waals surface area contributed by atoms with Gasteiger partial charge in [-0.1, -0.05) is 55.0 Å². The first-order chi connectivity index (χ1) is 13.6. The van der Waals surface area contributed by atoms with Crippen molar-refractivity contribution >= 4 is 22.7 Å². The fourth-order valence-electron chi connectivity index (χ4n) is 2.82. The van der Waals surface area contributed by atoms with E-state index in [0.717, 1.165) is 17.5 Å². The fourth-order valence-corrected chi connectivity index (χ4v) is 2.82. The number of hydrogen-bond acceptors (Lipinski definition) is 6. The minimum Gasteiger partial charge on any atom is -0.442 e. The first-order valence-corrected chi connectivity index (χ1v) is 9.19. The number of fused-ring (bicyclic) bond motifs is 1. The molecule has 144 valence electrons. The van der Waals surface area contributed by atoms with Crippen molar-refractivity contribution in [3.05, 3.63) is 70.0 Å². The number of hydrogen-bond donors (Lipinski definition) is 0. The highest BCUT2D eigenvalue weighted by atomic mass is 16.5. The van der Waals surface area contributed by atoms with Crippen molar-refractivity contribution in [2.45, 2.75) is 39.3 Å². The van der Waals surface area contributed by atoms with Gasteiger partial charge in [0.15, 0.2) is 12.5 Å². The molecule has 0 radical (unpaired) electrons. The van der Waals surface area contributed by atoms with Crippen LogP contribution in [0.2, 0.25) is 0 Å². The lowest BCUT2D eigenvalue weighted by Gasteiger charge is -2.07. The van der Waals surface area contributed by atoms with Gasteiger partial charge >= 0.3 is 5.97 Å². The van der Waals surface area contributed by atoms with Crippen LogP contribution in [-0.4, -0.2) is 26.7 Å². The zero-order valence-corrected chi connectivity index (χ0v) is 15.6. The number of ketones is 1. The predicted molar refractivity (Wildman–Crippen MR) is 104 cm³/mol. The lowest BCUT2D eigenvalue weighted by Crippen LogP contribution is -2.26. The van der Waals surface area contributed by atoms with E-state index in [0.29, 0.717) is 16.5 Å². The van der Waals surface area contributed by atoms with Crippen LogP contribution in [0.25, 0.3) is 10.9 Å². The molecule has 7 nitrogen and oxygen atoms in total. The number of benzene rings is 2. The van der Waals surface area contributed by atoms with Crippen LogP contribution < -0.4 is 5.56 Å². The van der Waals surface area contributed by atoms with E-state index in [-0.39, 0.29) is 30.9 Å². The molecule has 0 amide bonds. The van der Waals surface area contributed by atoms with Gasteiger partial charge in [-0.25, -0.2) is 0 Å². The molecular weight excluding hydrogens is 358 g/mol. The Morgan fingerprint density at radius 1 is 1.04 bits per heavy atom. The van der Waals surface area contributed by atoms with Crippen molar-refractivity contribution in [1.29, 1.82) is 0 Å². The SMILES string of the molecule is CCCc1ccc(C(=O)CCC(=O)OCn2nnc3ccccc3c2=O)cc1. The van der Waals surface area contributed by atoms with Crippen molar-refractivity contribution in [3.63, 3.8) is 0 Å². The summed E-state index contributed by atoms with van der Waals surface area (Å²) in [6.07, 6.45) is 2.00. The first-order valence-electron chi connectivity index (χ1n) is 9.19. The summed E-state index contributed by atoms with van der Waals surface area (Å²) in [6.45, 7) is 1.76. The monoisotopic (exact) mass is 379 g/mol. The Labute approximate surface area is 161 Å². The van der Waals surface area contributed by atoms with Crippen molar-refractivity contribution in [1.82, 2.24) is 15.0 Å². The van der Waals surface area contributed by atoms with Crippen molar-refractivity contribution in [2.24, 2.45) is 0 Å². The van der Waals surface area contributed by atoms with E-state index >= 15 is 0 Å². The van der Waals surface area contributed by atoms with Gasteiger partial charge in [0.1, 0.15) is 5.52 Å². The smallest absolute Gasteiger partial charge is 0.308 e.